The van der Waals surface area contributed by atoms with E-state index in [9.17, 15) is 9.59 Å². The number of aryl methyl sites for hydroxylation is 1. The van der Waals surface area contributed by atoms with Crippen molar-refractivity contribution in [3.63, 3.8) is 0 Å². The Morgan fingerprint density at radius 1 is 1.53 bits per heavy atom. The topological polar surface area (TPSA) is 91.3 Å². The van der Waals surface area contributed by atoms with Crippen molar-refractivity contribution in [3.8, 4) is 0 Å². The molecule has 0 aliphatic heterocycles. The fraction of sp³-hybridized carbons (Fsp3) is 0.500. The molecule has 6 nitrogen and oxygen atoms in total. The number of hydrogen-bond acceptors (Lipinski definition) is 4. The van der Waals surface area contributed by atoms with Gasteiger partial charge in [0.1, 0.15) is 0 Å². The highest BCUT2D eigenvalue weighted by Gasteiger charge is 2.23. The molecule has 2 rings (SSSR count). The van der Waals surface area contributed by atoms with E-state index < -0.39 is 6.09 Å². The summed E-state index contributed by atoms with van der Waals surface area (Å²) in [5, 5.41) is 14.4. The molecule has 0 fully saturated rings. The minimum absolute atomic E-state index is 0.0503. The summed E-state index contributed by atoms with van der Waals surface area (Å²) in [4.78, 5) is 26.8. The van der Waals surface area contributed by atoms with E-state index in [1.807, 2.05) is 0 Å². The van der Waals surface area contributed by atoms with Crippen molar-refractivity contribution in [2.24, 2.45) is 0 Å². The fourth-order valence-corrected chi connectivity index (χ4v) is 3.01. The smallest absolute Gasteiger partial charge is 0.404 e. The van der Waals surface area contributed by atoms with E-state index in [2.05, 4.69) is 15.6 Å². The van der Waals surface area contributed by atoms with Gasteiger partial charge < -0.3 is 15.7 Å². The number of nitrogens with one attached hydrogen (secondary N) is 2. The summed E-state index contributed by atoms with van der Waals surface area (Å²) in [6.45, 7) is 1.44. The van der Waals surface area contributed by atoms with Gasteiger partial charge in [0.05, 0.1) is 5.69 Å². The molecule has 0 spiro atoms. The van der Waals surface area contributed by atoms with Crippen LogP contribution in [0.15, 0.2) is 0 Å². The minimum Gasteiger partial charge on any atom is -0.465 e. The van der Waals surface area contributed by atoms with Crippen molar-refractivity contribution >= 4 is 28.5 Å². The Kier molecular flexibility index (Phi) is 3.28. The van der Waals surface area contributed by atoms with Crippen molar-refractivity contribution < 1.29 is 14.7 Å². The quantitative estimate of drug-likeness (QED) is 0.741. The highest BCUT2D eigenvalue weighted by Crippen LogP contribution is 2.29. The van der Waals surface area contributed by atoms with Crippen LogP contribution in [0.2, 0.25) is 0 Å². The van der Waals surface area contributed by atoms with Gasteiger partial charge in [-0.25, -0.2) is 9.78 Å². The zero-order valence-corrected chi connectivity index (χ0v) is 10.1. The predicted molar refractivity (Wildman–Crippen MR) is 63.4 cm³/mol. The molecule has 0 saturated heterocycles. The summed E-state index contributed by atoms with van der Waals surface area (Å²) in [5.41, 5.74) is 0.974. The highest BCUT2D eigenvalue weighted by molar-refractivity contribution is 7.15. The van der Waals surface area contributed by atoms with Crippen LogP contribution < -0.4 is 10.6 Å². The molecular weight excluding hydrogens is 242 g/mol. The lowest BCUT2D eigenvalue weighted by molar-refractivity contribution is -0.114. The van der Waals surface area contributed by atoms with Crippen LogP contribution in [-0.2, 0) is 17.6 Å². The maximum atomic E-state index is 10.9. The van der Waals surface area contributed by atoms with Crippen LogP contribution in [0.3, 0.4) is 0 Å². The number of aromatic nitrogens is 1. The molecule has 1 heterocycles. The lowest BCUT2D eigenvalue weighted by Gasteiger charge is -2.20. The van der Waals surface area contributed by atoms with Gasteiger partial charge in [-0.2, -0.15) is 0 Å². The van der Waals surface area contributed by atoms with E-state index in [0.717, 1.165) is 23.4 Å². The van der Waals surface area contributed by atoms with Gasteiger partial charge in [-0.3, -0.25) is 4.79 Å². The average Bonchev–Trinajstić information content (AvgIpc) is 2.56. The molecule has 1 aliphatic rings. The van der Waals surface area contributed by atoms with Crippen LogP contribution >= 0.6 is 11.3 Å². The van der Waals surface area contributed by atoms with Gasteiger partial charge >= 0.3 is 6.09 Å². The van der Waals surface area contributed by atoms with Crippen LogP contribution in [0.4, 0.5) is 9.93 Å². The first kappa shape index (κ1) is 11.8. The molecule has 17 heavy (non-hydrogen) atoms. The molecule has 1 aliphatic carbocycles. The van der Waals surface area contributed by atoms with Crippen LogP contribution in [0.5, 0.6) is 0 Å². The summed E-state index contributed by atoms with van der Waals surface area (Å²) in [6, 6.07) is -0.0503. The second kappa shape index (κ2) is 4.70. The van der Waals surface area contributed by atoms with E-state index >= 15 is 0 Å². The molecule has 92 valence electrons. The molecule has 7 heteroatoms. The van der Waals surface area contributed by atoms with Gasteiger partial charge in [-0.1, -0.05) is 0 Å². The van der Waals surface area contributed by atoms with E-state index in [1.54, 1.807) is 0 Å². The standard InChI is InChI=1S/C10H13N3O3S/c1-5(14)11-9-13-7-3-2-6(12-10(15)16)4-8(7)17-9/h6,12H,2-4H2,1H3,(H,15,16)(H,11,13,14)/t6-/m0/s1. The molecule has 0 saturated carbocycles. The lowest BCUT2D eigenvalue weighted by atomic mass is 9.98. The van der Waals surface area contributed by atoms with E-state index in [1.165, 1.54) is 18.3 Å². The average molecular weight is 255 g/mol. The molecule has 0 aromatic carbocycles. The first-order valence-corrected chi connectivity index (χ1v) is 6.12. The van der Waals surface area contributed by atoms with Crippen molar-refractivity contribution in [3.05, 3.63) is 10.6 Å². The third kappa shape index (κ3) is 2.94. The van der Waals surface area contributed by atoms with Crippen LogP contribution in [0, 0.1) is 0 Å². The normalized spacial score (nSPS) is 18.3. The Hall–Kier alpha value is -1.63. The third-order valence-corrected chi connectivity index (χ3v) is 3.59. The second-order valence-electron chi connectivity index (χ2n) is 3.96. The van der Waals surface area contributed by atoms with Gasteiger partial charge in [0, 0.05) is 24.3 Å². The molecule has 1 aromatic rings. The van der Waals surface area contributed by atoms with Crippen molar-refractivity contribution in [2.45, 2.75) is 32.2 Å². The molecule has 0 unspecified atom stereocenters. The van der Waals surface area contributed by atoms with Crippen LogP contribution in [0.1, 0.15) is 23.9 Å². The minimum atomic E-state index is -0.995. The van der Waals surface area contributed by atoms with E-state index in [0.29, 0.717) is 11.6 Å². The SMILES string of the molecule is CC(=O)Nc1nc2c(s1)C[C@@H](NC(=O)O)CC2. The molecular formula is C10H13N3O3S. The summed E-state index contributed by atoms with van der Waals surface area (Å²) < 4.78 is 0. The molecule has 2 amide bonds. The first-order valence-electron chi connectivity index (χ1n) is 5.30. The van der Waals surface area contributed by atoms with Gasteiger partial charge in [0.2, 0.25) is 5.91 Å². The first-order chi connectivity index (χ1) is 8.04. The van der Waals surface area contributed by atoms with Gasteiger partial charge in [-0.05, 0) is 12.8 Å². The molecule has 0 radical (unpaired) electrons. The largest absolute Gasteiger partial charge is 0.465 e. The van der Waals surface area contributed by atoms with Crippen molar-refractivity contribution in [1.29, 1.82) is 0 Å². The highest BCUT2D eigenvalue weighted by atomic mass is 32.1. The van der Waals surface area contributed by atoms with E-state index in [-0.39, 0.29) is 11.9 Å². The molecule has 0 bridgehead atoms. The fourth-order valence-electron chi connectivity index (χ4n) is 1.88. The van der Waals surface area contributed by atoms with Crippen molar-refractivity contribution in [1.82, 2.24) is 10.3 Å². The number of nitrogens with zero attached hydrogens (tertiary/aromatic N) is 1. The van der Waals surface area contributed by atoms with Gasteiger partial charge in [0.15, 0.2) is 5.13 Å². The number of hydrogen-bond donors (Lipinski definition) is 3. The zero-order chi connectivity index (χ0) is 12.4. The Balaban J connectivity index is 2.07. The number of amides is 2. The summed E-state index contributed by atoms with van der Waals surface area (Å²) >= 11 is 1.42. The maximum Gasteiger partial charge on any atom is 0.404 e. The molecule has 1 atom stereocenters. The van der Waals surface area contributed by atoms with E-state index in [4.69, 9.17) is 5.11 Å². The maximum absolute atomic E-state index is 10.9. The summed E-state index contributed by atoms with van der Waals surface area (Å²) in [5.74, 6) is -0.142. The van der Waals surface area contributed by atoms with Crippen LogP contribution in [-0.4, -0.2) is 28.1 Å². The number of thiazole rings is 1. The van der Waals surface area contributed by atoms with Crippen LogP contribution in [0.25, 0.3) is 0 Å². The lowest BCUT2D eigenvalue weighted by Crippen LogP contribution is -2.37. The zero-order valence-electron chi connectivity index (χ0n) is 9.32. The van der Waals surface area contributed by atoms with Gasteiger partial charge in [0.25, 0.3) is 0 Å². The summed E-state index contributed by atoms with van der Waals surface area (Å²) in [6.07, 6.45) is 1.16. The second-order valence-corrected chi connectivity index (χ2v) is 5.04. The number of carboxylic acid groups (broad SMARTS) is 1. The summed E-state index contributed by atoms with van der Waals surface area (Å²) in [7, 11) is 0. The predicted octanol–water partition coefficient (Wildman–Crippen LogP) is 1.23. The number of anilines is 1. The molecule has 3 N–H and O–H groups in total. The number of rotatable bonds is 2. The van der Waals surface area contributed by atoms with Crippen molar-refractivity contribution in [2.75, 3.05) is 5.32 Å². The Morgan fingerprint density at radius 2 is 2.29 bits per heavy atom. The molecule has 1 aromatic heterocycles. The van der Waals surface area contributed by atoms with Gasteiger partial charge in [-0.15, -0.1) is 11.3 Å². The monoisotopic (exact) mass is 255 g/mol. The third-order valence-electron chi connectivity index (χ3n) is 2.55. The Labute approximate surface area is 102 Å². The Bertz CT molecular complexity index is 458. The Morgan fingerprint density at radius 3 is 2.94 bits per heavy atom. The number of fused-ring (bicyclic) bond motifs is 1. The number of carbonyl (C=O) groups is 2. The number of carbonyl (C=O) groups excluding carboxylic acids is 1.